The van der Waals surface area contributed by atoms with E-state index in [0.717, 1.165) is 21.8 Å². The first-order valence-corrected chi connectivity index (χ1v) is 6.86. The number of aromatic nitrogens is 1. The topological polar surface area (TPSA) is 53.4 Å². The highest BCUT2D eigenvalue weighted by Crippen LogP contribution is 2.21. The summed E-state index contributed by atoms with van der Waals surface area (Å²) in [6.07, 6.45) is 0. The molecule has 0 unspecified atom stereocenters. The molecule has 4 nitrogen and oxygen atoms in total. The van der Waals surface area contributed by atoms with Crippen molar-refractivity contribution in [1.29, 1.82) is 0 Å². The van der Waals surface area contributed by atoms with Crippen LogP contribution in [-0.2, 0) is 11.3 Å². The van der Waals surface area contributed by atoms with Crippen LogP contribution in [0.2, 0.25) is 0 Å². The fourth-order valence-electron chi connectivity index (χ4n) is 1.81. The van der Waals surface area contributed by atoms with E-state index < -0.39 is 5.97 Å². The third-order valence-electron chi connectivity index (χ3n) is 2.90. The SMILES string of the molecule is Cc1ccc(N(CC(=O)O)Cc2scnc2C)cc1. The van der Waals surface area contributed by atoms with Crippen LogP contribution in [0.15, 0.2) is 29.8 Å². The Bertz CT molecular complexity index is 563. The van der Waals surface area contributed by atoms with Crippen LogP contribution < -0.4 is 4.90 Å². The zero-order chi connectivity index (χ0) is 13.8. The monoisotopic (exact) mass is 276 g/mol. The van der Waals surface area contributed by atoms with Gasteiger partial charge in [-0.15, -0.1) is 11.3 Å². The van der Waals surface area contributed by atoms with Gasteiger partial charge in [-0.2, -0.15) is 0 Å². The molecule has 1 N–H and O–H groups in total. The Morgan fingerprint density at radius 3 is 2.53 bits per heavy atom. The summed E-state index contributed by atoms with van der Waals surface area (Å²) in [7, 11) is 0. The molecule has 2 aromatic rings. The Hall–Kier alpha value is -1.88. The molecule has 0 aliphatic carbocycles. The van der Waals surface area contributed by atoms with Crippen molar-refractivity contribution in [2.24, 2.45) is 0 Å². The third kappa shape index (κ3) is 3.54. The van der Waals surface area contributed by atoms with Crippen LogP contribution in [0, 0.1) is 13.8 Å². The summed E-state index contributed by atoms with van der Waals surface area (Å²) in [5.41, 5.74) is 4.83. The number of carboxylic acid groups (broad SMARTS) is 1. The van der Waals surface area contributed by atoms with Gasteiger partial charge < -0.3 is 10.0 Å². The maximum atomic E-state index is 11.0. The summed E-state index contributed by atoms with van der Waals surface area (Å²) in [4.78, 5) is 18.2. The van der Waals surface area contributed by atoms with Crippen LogP contribution in [-0.4, -0.2) is 22.6 Å². The average molecular weight is 276 g/mol. The van der Waals surface area contributed by atoms with Gasteiger partial charge in [0.25, 0.3) is 0 Å². The molecule has 5 heteroatoms. The molecular formula is C14H16N2O2S. The van der Waals surface area contributed by atoms with Crippen LogP contribution in [0.1, 0.15) is 16.1 Å². The number of aliphatic carboxylic acids is 1. The van der Waals surface area contributed by atoms with Gasteiger partial charge >= 0.3 is 5.97 Å². The van der Waals surface area contributed by atoms with Gasteiger partial charge in [0.1, 0.15) is 6.54 Å². The van der Waals surface area contributed by atoms with Crippen LogP contribution >= 0.6 is 11.3 Å². The maximum absolute atomic E-state index is 11.0. The molecule has 1 heterocycles. The lowest BCUT2D eigenvalue weighted by molar-refractivity contribution is -0.135. The number of aryl methyl sites for hydroxylation is 2. The van der Waals surface area contributed by atoms with Crippen molar-refractivity contribution in [2.45, 2.75) is 20.4 Å². The fourth-order valence-corrected chi connectivity index (χ4v) is 2.60. The number of thiazole rings is 1. The standard InChI is InChI=1S/C14H16N2O2S/c1-10-3-5-12(6-4-10)16(8-14(17)18)7-13-11(2)15-9-19-13/h3-6,9H,7-8H2,1-2H3,(H,17,18). The van der Waals surface area contributed by atoms with E-state index in [1.165, 1.54) is 0 Å². The van der Waals surface area contributed by atoms with Gasteiger partial charge in [-0.1, -0.05) is 17.7 Å². The zero-order valence-electron chi connectivity index (χ0n) is 11.0. The highest BCUT2D eigenvalue weighted by molar-refractivity contribution is 7.09. The van der Waals surface area contributed by atoms with Gasteiger partial charge in [0, 0.05) is 10.6 Å². The lowest BCUT2D eigenvalue weighted by Gasteiger charge is -2.22. The molecule has 0 spiro atoms. The highest BCUT2D eigenvalue weighted by atomic mass is 32.1. The molecule has 0 saturated carbocycles. The lowest BCUT2D eigenvalue weighted by atomic mass is 10.2. The van der Waals surface area contributed by atoms with E-state index in [0.29, 0.717) is 6.54 Å². The largest absolute Gasteiger partial charge is 0.480 e. The van der Waals surface area contributed by atoms with Crippen molar-refractivity contribution in [3.05, 3.63) is 45.9 Å². The molecule has 100 valence electrons. The Balaban J connectivity index is 2.23. The number of benzene rings is 1. The van der Waals surface area contributed by atoms with E-state index in [9.17, 15) is 4.79 Å². The molecule has 0 fully saturated rings. The molecule has 0 saturated heterocycles. The van der Waals surface area contributed by atoms with Crippen LogP contribution in [0.25, 0.3) is 0 Å². The van der Waals surface area contributed by atoms with Crippen molar-refractivity contribution < 1.29 is 9.90 Å². The van der Waals surface area contributed by atoms with E-state index in [-0.39, 0.29) is 6.54 Å². The van der Waals surface area contributed by atoms with Crippen molar-refractivity contribution in [3.63, 3.8) is 0 Å². The molecular weight excluding hydrogens is 260 g/mol. The van der Waals surface area contributed by atoms with Crippen molar-refractivity contribution >= 4 is 23.0 Å². The number of hydrogen-bond donors (Lipinski definition) is 1. The molecule has 0 bridgehead atoms. The quantitative estimate of drug-likeness (QED) is 0.912. The number of nitrogens with zero attached hydrogens (tertiary/aromatic N) is 2. The molecule has 19 heavy (non-hydrogen) atoms. The van der Waals surface area contributed by atoms with Gasteiger partial charge in [0.2, 0.25) is 0 Å². The molecule has 2 rings (SSSR count). The number of carbonyl (C=O) groups is 1. The van der Waals surface area contributed by atoms with E-state index >= 15 is 0 Å². The van der Waals surface area contributed by atoms with Crippen LogP contribution in [0.4, 0.5) is 5.69 Å². The van der Waals surface area contributed by atoms with Crippen LogP contribution in [0.3, 0.4) is 0 Å². The average Bonchev–Trinajstić information content (AvgIpc) is 2.75. The minimum absolute atomic E-state index is 0.0135. The summed E-state index contributed by atoms with van der Waals surface area (Å²) < 4.78 is 0. The molecule has 0 aliphatic rings. The number of carboxylic acids is 1. The third-order valence-corrected chi connectivity index (χ3v) is 3.82. The van der Waals surface area contributed by atoms with Gasteiger partial charge in [0.15, 0.2) is 0 Å². The van der Waals surface area contributed by atoms with Gasteiger partial charge in [-0.05, 0) is 26.0 Å². The van der Waals surface area contributed by atoms with E-state index in [2.05, 4.69) is 4.98 Å². The van der Waals surface area contributed by atoms with E-state index in [1.807, 2.05) is 43.0 Å². The lowest BCUT2D eigenvalue weighted by Crippen LogP contribution is -2.29. The minimum atomic E-state index is -0.831. The molecule has 0 atom stereocenters. The Kier molecular flexibility index (Phi) is 4.16. The first-order valence-electron chi connectivity index (χ1n) is 5.98. The number of anilines is 1. The molecule has 0 amide bonds. The summed E-state index contributed by atoms with van der Waals surface area (Å²) >= 11 is 1.56. The second-order valence-electron chi connectivity index (χ2n) is 4.45. The van der Waals surface area contributed by atoms with Crippen molar-refractivity contribution in [3.8, 4) is 0 Å². The first kappa shape index (κ1) is 13.5. The predicted molar refractivity (Wildman–Crippen MR) is 76.7 cm³/mol. The summed E-state index contributed by atoms with van der Waals surface area (Å²) in [6.45, 7) is 4.52. The van der Waals surface area contributed by atoms with Gasteiger partial charge in [0.05, 0.1) is 17.7 Å². The summed E-state index contributed by atoms with van der Waals surface area (Å²) in [5.74, 6) is -0.831. The molecule has 0 radical (unpaired) electrons. The Morgan fingerprint density at radius 2 is 2.00 bits per heavy atom. The predicted octanol–water partition coefficient (Wildman–Crippen LogP) is 2.85. The molecule has 0 aliphatic heterocycles. The van der Waals surface area contributed by atoms with Crippen LogP contribution in [0.5, 0.6) is 0 Å². The second-order valence-corrected chi connectivity index (χ2v) is 5.39. The Morgan fingerprint density at radius 1 is 1.32 bits per heavy atom. The van der Waals surface area contributed by atoms with Crippen molar-refractivity contribution in [2.75, 3.05) is 11.4 Å². The zero-order valence-corrected chi connectivity index (χ0v) is 11.8. The van der Waals surface area contributed by atoms with Crippen molar-refractivity contribution in [1.82, 2.24) is 4.98 Å². The van der Waals surface area contributed by atoms with Gasteiger partial charge in [-0.3, -0.25) is 4.79 Å². The Labute approximate surface area is 116 Å². The van der Waals surface area contributed by atoms with E-state index in [1.54, 1.807) is 16.8 Å². The van der Waals surface area contributed by atoms with E-state index in [4.69, 9.17) is 5.11 Å². The molecule has 1 aromatic carbocycles. The summed E-state index contributed by atoms with van der Waals surface area (Å²) in [6, 6.07) is 7.89. The first-order chi connectivity index (χ1) is 9.06. The minimum Gasteiger partial charge on any atom is -0.480 e. The summed E-state index contributed by atoms with van der Waals surface area (Å²) in [5, 5.41) is 9.04. The van der Waals surface area contributed by atoms with Gasteiger partial charge in [-0.25, -0.2) is 4.98 Å². The second kappa shape index (κ2) is 5.84. The maximum Gasteiger partial charge on any atom is 0.323 e. The highest BCUT2D eigenvalue weighted by Gasteiger charge is 2.13. The number of hydrogen-bond acceptors (Lipinski definition) is 4. The smallest absolute Gasteiger partial charge is 0.323 e. The molecule has 1 aromatic heterocycles. The normalized spacial score (nSPS) is 10.4. The number of rotatable bonds is 5. The fraction of sp³-hybridized carbons (Fsp3) is 0.286.